The Morgan fingerprint density at radius 3 is 2.31 bits per heavy atom. The van der Waals surface area contributed by atoms with Gasteiger partial charge in [0.1, 0.15) is 0 Å². The smallest absolute Gasteiger partial charge is 0.255 e. The van der Waals surface area contributed by atoms with Crippen LogP contribution in [0.1, 0.15) is 22.8 Å². The van der Waals surface area contributed by atoms with Crippen LogP contribution in [-0.2, 0) is 4.79 Å². The summed E-state index contributed by atoms with van der Waals surface area (Å²) in [6, 6.07) is 10.9. The van der Waals surface area contributed by atoms with Crippen molar-refractivity contribution in [1.82, 2.24) is 14.8 Å². The van der Waals surface area contributed by atoms with E-state index in [4.69, 9.17) is 5.26 Å². The molecule has 0 radical (unpaired) electrons. The standard InChI is InChI=1S/C19H19N5O2/c1-14(25)23-6-8-24(9-7-23)19(26)16-10-18(13-21-12-16)22-17-4-2-15(11-20)3-5-17/h2-5,10,12-13,22H,6-9H2,1H3. The van der Waals surface area contributed by atoms with Gasteiger partial charge >= 0.3 is 0 Å². The average molecular weight is 349 g/mol. The van der Waals surface area contributed by atoms with E-state index >= 15 is 0 Å². The molecule has 2 amide bonds. The third kappa shape index (κ3) is 3.98. The Hall–Kier alpha value is -3.40. The third-order valence-electron chi connectivity index (χ3n) is 4.30. The highest BCUT2D eigenvalue weighted by Gasteiger charge is 2.23. The van der Waals surface area contributed by atoms with Crippen molar-refractivity contribution >= 4 is 23.2 Å². The van der Waals surface area contributed by atoms with Crippen LogP contribution in [0.2, 0.25) is 0 Å². The van der Waals surface area contributed by atoms with Gasteiger partial charge in [-0.3, -0.25) is 14.6 Å². The fourth-order valence-electron chi connectivity index (χ4n) is 2.83. The van der Waals surface area contributed by atoms with Gasteiger partial charge in [0.05, 0.1) is 29.1 Å². The van der Waals surface area contributed by atoms with Crippen molar-refractivity contribution in [2.75, 3.05) is 31.5 Å². The number of benzene rings is 1. The quantitative estimate of drug-likeness (QED) is 0.915. The molecule has 1 aromatic carbocycles. The van der Waals surface area contributed by atoms with E-state index in [0.29, 0.717) is 43.0 Å². The molecule has 1 N–H and O–H groups in total. The Morgan fingerprint density at radius 1 is 1.04 bits per heavy atom. The van der Waals surface area contributed by atoms with Crippen LogP contribution in [0.5, 0.6) is 0 Å². The van der Waals surface area contributed by atoms with Crippen molar-refractivity contribution in [3.63, 3.8) is 0 Å². The fourth-order valence-corrected chi connectivity index (χ4v) is 2.83. The molecule has 7 heteroatoms. The summed E-state index contributed by atoms with van der Waals surface area (Å²) in [6.07, 6.45) is 3.19. The summed E-state index contributed by atoms with van der Waals surface area (Å²) in [7, 11) is 0. The first kappa shape index (κ1) is 17.4. The van der Waals surface area contributed by atoms with Gasteiger partial charge in [0.25, 0.3) is 5.91 Å². The number of rotatable bonds is 3. The molecule has 0 aliphatic carbocycles. The van der Waals surface area contributed by atoms with Gasteiger partial charge in [-0.15, -0.1) is 0 Å². The molecule has 0 saturated carbocycles. The van der Waals surface area contributed by atoms with E-state index in [1.807, 2.05) is 0 Å². The second-order valence-electron chi connectivity index (χ2n) is 6.07. The molecule has 0 bridgehead atoms. The lowest BCUT2D eigenvalue weighted by molar-refractivity contribution is -0.130. The molecule has 0 atom stereocenters. The van der Waals surface area contributed by atoms with Crippen LogP contribution in [0.4, 0.5) is 11.4 Å². The van der Waals surface area contributed by atoms with Crippen molar-refractivity contribution in [3.05, 3.63) is 53.9 Å². The molecule has 1 aliphatic rings. The van der Waals surface area contributed by atoms with Crippen LogP contribution in [0, 0.1) is 11.3 Å². The van der Waals surface area contributed by atoms with Crippen LogP contribution >= 0.6 is 0 Å². The predicted molar refractivity (Wildman–Crippen MR) is 96.8 cm³/mol. The van der Waals surface area contributed by atoms with Crippen LogP contribution in [0.3, 0.4) is 0 Å². The molecule has 26 heavy (non-hydrogen) atoms. The SMILES string of the molecule is CC(=O)N1CCN(C(=O)c2cncc(Nc3ccc(C#N)cc3)c2)CC1. The number of aromatic nitrogens is 1. The Labute approximate surface area is 151 Å². The van der Waals surface area contributed by atoms with E-state index in [0.717, 1.165) is 5.69 Å². The average Bonchev–Trinajstić information content (AvgIpc) is 2.68. The Morgan fingerprint density at radius 2 is 1.69 bits per heavy atom. The van der Waals surface area contributed by atoms with Crippen molar-refractivity contribution in [2.24, 2.45) is 0 Å². The normalized spacial score (nSPS) is 13.8. The van der Waals surface area contributed by atoms with E-state index in [9.17, 15) is 9.59 Å². The van der Waals surface area contributed by atoms with Crippen LogP contribution in [0.25, 0.3) is 0 Å². The fraction of sp³-hybridized carbons (Fsp3) is 0.263. The minimum atomic E-state index is -0.0934. The number of nitriles is 1. The van der Waals surface area contributed by atoms with E-state index < -0.39 is 0 Å². The second-order valence-corrected chi connectivity index (χ2v) is 6.07. The van der Waals surface area contributed by atoms with Gasteiger partial charge in [0.15, 0.2) is 0 Å². The summed E-state index contributed by atoms with van der Waals surface area (Å²) in [4.78, 5) is 31.7. The maximum Gasteiger partial charge on any atom is 0.255 e. The Kier molecular flexibility index (Phi) is 5.13. The molecule has 1 saturated heterocycles. The first-order valence-electron chi connectivity index (χ1n) is 8.34. The summed E-state index contributed by atoms with van der Waals surface area (Å²) >= 11 is 0. The van der Waals surface area contributed by atoms with Gasteiger partial charge in [-0.2, -0.15) is 5.26 Å². The molecule has 132 valence electrons. The molecule has 1 aromatic heterocycles. The number of anilines is 2. The third-order valence-corrected chi connectivity index (χ3v) is 4.30. The molecule has 2 heterocycles. The van der Waals surface area contributed by atoms with E-state index in [1.54, 1.807) is 59.4 Å². The zero-order valence-electron chi connectivity index (χ0n) is 14.5. The van der Waals surface area contributed by atoms with E-state index in [-0.39, 0.29) is 11.8 Å². The molecular formula is C19H19N5O2. The van der Waals surface area contributed by atoms with Crippen molar-refractivity contribution < 1.29 is 9.59 Å². The summed E-state index contributed by atoms with van der Waals surface area (Å²) in [5.41, 5.74) is 2.59. The lowest BCUT2D eigenvalue weighted by Gasteiger charge is -2.34. The highest BCUT2D eigenvalue weighted by Crippen LogP contribution is 2.18. The molecule has 7 nitrogen and oxygen atoms in total. The number of amides is 2. The minimum absolute atomic E-state index is 0.0346. The zero-order chi connectivity index (χ0) is 18.5. The summed E-state index contributed by atoms with van der Waals surface area (Å²) in [6.45, 7) is 3.69. The lowest BCUT2D eigenvalue weighted by atomic mass is 10.2. The van der Waals surface area contributed by atoms with Crippen LogP contribution in [-0.4, -0.2) is 52.8 Å². The van der Waals surface area contributed by atoms with Gasteiger partial charge in [-0.1, -0.05) is 0 Å². The number of carbonyl (C=O) groups excluding carboxylic acids is 2. The largest absolute Gasteiger partial charge is 0.354 e. The highest BCUT2D eigenvalue weighted by molar-refractivity contribution is 5.95. The van der Waals surface area contributed by atoms with E-state index in [1.165, 1.54) is 0 Å². The van der Waals surface area contributed by atoms with Gasteiger partial charge in [0.2, 0.25) is 5.91 Å². The van der Waals surface area contributed by atoms with Gasteiger partial charge in [-0.05, 0) is 30.3 Å². The molecule has 2 aromatic rings. The maximum absolute atomic E-state index is 12.7. The first-order chi connectivity index (χ1) is 12.6. The summed E-state index contributed by atoms with van der Waals surface area (Å²) in [5, 5.41) is 12.0. The van der Waals surface area contributed by atoms with Gasteiger partial charge < -0.3 is 15.1 Å². The Balaban J connectivity index is 1.67. The predicted octanol–water partition coefficient (Wildman–Crippen LogP) is 2.00. The summed E-state index contributed by atoms with van der Waals surface area (Å²) in [5.74, 6) is -0.0587. The van der Waals surface area contributed by atoms with Crippen molar-refractivity contribution in [1.29, 1.82) is 5.26 Å². The van der Waals surface area contributed by atoms with Gasteiger partial charge in [0, 0.05) is 45.0 Å². The lowest BCUT2D eigenvalue weighted by Crippen LogP contribution is -2.50. The number of pyridine rings is 1. The number of hydrogen-bond acceptors (Lipinski definition) is 5. The topological polar surface area (TPSA) is 89.3 Å². The van der Waals surface area contributed by atoms with Crippen LogP contribution in [0.15, 0.2) is 42.7 Å². The number of nitrogens with zero attached hydrogens (tertiary/aromatic N) is 4. The number of nitrogens with one attached hydrogen (secondary N) is 1. The Bertz CT molecular complexity index is 849. The maximum atomic E-state index is 12.7. The molecule has 0 spiro atoms. The molecule has 1 fully saturated rings. The molecule has 3 rings (SSSR count). The molecule has 0 unspecified atom stereocenters. The van der Waals surface area contributed by atoms with Gasteiger partial charge in [-0.25, -0.2) is 0 Å². The van der Waals surface area contributed by atoms with Crippen LogP contribution < -0.4 is 5.32 Å². The van der Waals surface area contributed by atoms with E-state index in [2.05, 4.69) is 16.4 Å². The highest BCUT2D eigenvalue weighted by atomic mass is 16.2. The number of carbonyl (C=O) groups is 2. The summed E-state index contributed by atoms with van der Waals surface area (Å²) < 4.78 is 0. The first-order valence-corrected chi connectivity index (χ1v) is 8.34. The van der Waals surface area contributed by atoms with Crippen molar-refractivity contribution in [2.45, 2.75) is 6.92 Å². The second kappa shape index (κ2) is 7.66. The van der Waals surface area contributed by atoms with Crippen molar-refractivity contribution in [3.8, 4) is 6.07 Å². The molecular weight excluding hydrogens is 330 g/mol. The minimum Gasteiger partial charge on any atom is -0.354 e. The monoisotopic (exact) mass is 349 g/mol. The zero-order valence-corrected chi connectivity index (χ0v) is 14.5. The molecule has 1 aliphatic heterocycles. The number of piperazine rings is 1. The number of hydrogen-bond donors (Lipinski definition) is 1.